The molecule has 1 fully saturated rings. The van der Waals surface area contributed by atoms with Crippen LogP contribution in [0.3, 0.4) is 0 Å². The number of aryl methyl sites for hydroxylation is 1. The zero-order chi connectivity index (χ0) is 18.6. The van der Waals surface area contributed by atoms with E-state index >= 15 is 0 Å². The number of carbonyl (C=O) groups excluding carboxylic acids is 2. The third kappa shape index (κ3) is 3.81. The Morgan fingerprint density at radius 3 is 2.62 bits per heavy atom. The number of rotatable bonds is 5. The number of nitrogens with two attached hydrogens (primary N) is 1. The van der Waals surface area contributed by atoms with Gasteiger partial charge in [0.15, 0.2) is 0 Å². The first-order valence-corrected chi connectivity index (χ1v) is 8.70. The Kier molecular flexibility index (Phi) is 5.15. The summed E-state index contributed by atoms with van der Waals surface area (Å²) >= 11 is 0. The Hall–Kier alpha value is -2.97. The van der Waals surface area contributed by atoms with Crippen LogP contribution in [0.5, 0.6) is 0 Å². The molecule has 26 heavy (non-hydrogen) atoms. The van der Waals surface area contributed by atoms with Gasteiger partial charge in [-0.1, -0.05) is 42.6 Å². The molecule has 1 aromatic heterocycles. The SMILES string of the molecule is Cc1ccccc1NC(=O)C1(NC(=O)Cn2nnnc2N)CCCCC1. The van der Waals surface area contributed by atoms with Crippen LogP contribution < -0.4 is 16.4 Å². The maximum Gasteiger partial charge on any atom is 0.250 e. The topological polar surface area (TPSA) is 128 Å². The van der Waals surface area contributed by atoms with Gasteiger partial charge in [0, 0.05) is 5.69 Å². The molecule has 9 nitrogen and oxygen atoms in total. The van der Waals surface area contributed by atoms with Crippen LogP contribution in [0, 0.1) is 6.92 Å². The summed E-state index contributed by atoms with van der Waals surface area (Å²) in [5.41, 5.74) is 6.39. The Labute approximate surface area is 151 Å². The van der Waals surface area contributed by atoms with Crippen molar-refractivity contribution in [1.29, 1.82) is 0 Å². The van der Waals surface area contributed by atoms with Gasteiger partial charge in [0.05, 0.1) is 0 Å². The molecule has 0 atom stereocenters. The van der Waals surface area contributed by atoms with Gasteiger partial charge >= 0.3 is 0 Å². The molecule has 0 unspecified atom stereocenters. The van der Waals surface area contributed by atoms with Gasteiger partial charge in [0.25, 0.3) is 0 Å². The number of tetrazole rings is 1. The lowest BCUT2D eigenvalue weighted by molar-refractivity contribution is -0.132. The fourth-order valence-corrected chi connectivity index (χ4v) is 3.29. The quantitative estimate of drug-likeness (QED) is 0.733. The van der Waals surface area contributed by atoms with E-state index in [-0.39, 0.29) is 24.3 Å². The summed E-state index contributed by atoms with van der Waals surface area (Å²) in [4.78, 5) is 25.5. The minimum atomic E-state index is -0.930. The molecule has 0 spiro atoms. The number of nitrogen functional groups attached to an aromatic ring is 1. The van der Waals surface area contributed by atoms with E-state index < -0.39 is 5.54 Å². The summed E-state index contributed by atoms with van der Waals surface area (Å²) in [6, 6.07) is 7.57. The Balaban J connectivity index is 1.75. The van der Waals surface area contributed by atoms with Gasteiger partial charge < -0.3 is 16.4 Å². The van der Waals surface area contributed by atoms with E-state index in [4.69, 9.17) is 5.73 Å². The van der Waals surface area contributed by atoms with Crippen LogP contribution in [0.4, 0.5) is 11.6 Å². The third-order valence-electron chi connectivity index (χ3n) is 4.77. The zero-order valence-corrected chi connectivity index (χ0v) is 14.7. The molecule has 0 aliphatic heterocycles. The van der Waals surface area contributed by atoms with E-state index in [1.807, 2.05) is 31.2 Å². The summed E-state index contributed by atoms with van der Waals surface area (Å²) in [5.74, 6) is -0.474. The van der Waals surface area contributed by atoms with E-state index in [0.29, 0.717) is 12.8 Å². The maximum atomic E-state index is 13.0. The molecule has 9 heteroatoms. The standard InChI is InChI=1S/C17H23N7O2/c1-12-7-3-4-8-13(12)19-15(26)17(9-5-2-6-10-17)20-14(25)11-24-16(18)21-22-23-24/h3-4,7-8H,2,5-6,9-11H2,1H3,(H,19,26)(H,20,25)(H2,18,21,23). The van der Waals surface area contributed by atoms with Crippen LogP contribution in [0.15, 0.2) is 24.3 Å². The highest BCUT2D eigenvalue weighted by molar-refractivity contribution is 6.01. The lowest BCUT2D eigenvalue weighted by atomic mass is 9.80. The van der Waals surface area contributed by atoms with Crippen LogP contribution >= 0.6 is 0 Å². The van der Waals surface area contributed by atoms with Gasteiger partial charge in [-0.2, -0.15) is 0 Å². The predicted octanol–water partition coefficient (Wildman–Crippen LogP) is 1.02. The minimum absolute atomic E-state index is 0.0576. The van der Waals surface area contributed by atoms with Crippen molar-refractivity contribution in [3.05, 3.63) is 29.8 Å². The highest BCUT2D eigenvalue weighted by Gasteiger charge is 2.41. The summed E-state index contributed by atoms with van der Waals surface area (Å²) in [7, 11) is 0. The fraction of sp³-hybridized carbons (Fsp3) is 0.471. The average Bonchev–Trinajstić information content (AvgIpc) is 3.02. The Morgan fingerprint density at radius 1 is 1.23 bits per heavy atom. The molecule has 138 valence electrons. The fourth-order valence-electron chi connectivity index (χ4n) is 3.29. The largest absolute Gasteiger partial charge is 0.367 e. The average molecular weight is 357 g/mol. The monoisotopic (exact) mass is 357 g/mol. The number of carbonyl (C=O) groups is 2. The molecule has 0 radical (unpaired) electrons. The molecule has 1 aliphatic rings. The predicted molar refractivity (Wildman–Crippen MR) is 96.0 cm³/mol. The third-order valence-corrected chi connectivity index (χ3v) is 4.77. The Morgan fingerprint density at radius 2 is 1.96 bits per heavy atom. The zero-order valence-electron chi connectivity index (χ0n) is 14.7. The number of nitrogens with one attached hydrogen (secondary N) is 2. The second-order valence-corrected chi connectivity index (χ2v) is 6.65. The van der Waals surface area contributed by atoms with Gasteiger partial charge in [0.2, 0.25) is 17.8 Å². The second-order valence-electron chi connectivity index (χ2n) is 6.65. The van der Waals surface area contributed by atoms with Crippen molar-refractivity contribution in [2.45, 2.75) is 51.1 Å². The van der Waals surface area contributed by atoms with Crippen molar-refractivity contribution in [2.24, 2.45) is 0 Å². The van der Waals surface area contributed by atoms with E-state index in [0.717, 1.165) is 30.5 Å². The number of aromatic nitrogens is 4. The number of nitrogens with zero attached hydrogens (tertiary/aromatic N) is 4. The number of anilines is 2. The molecule has 1 aliphatic carbocycles. The van der Waals surface area contributed by atoms with Crippen LogP contribution in [-0.2, 0) is 16.1 Å². The van der Waals surface area contributed by atoms with Crippen LogP contribution in [0.1, 0.15) is 37.7 Å². The number of amides is 2. The number of hydrogen-bond donors (Lipinski definition) is 3. The second kappa shape index (κ2) is 7.51. The minimum Gasteiger partial charge on any atom is -0.367 e. The number of para-hydroxylation sites is 1. The first-order chi connectivity index (χ1) is 12.5. The molecule has 4 N–H and O–H groups in total. The lowest BCUT2D eigenvalue weighted by Gasteiger charge is -2.36. The van der Waals surface area contributed by atoms with Crippen molar-refractivity contribution in [3.8, 4) is 0 Å². The van der Waals surface area contributed by atoms with Crippen molar-refractivity contribution >= 4 is 23.5 Å². The van der Waals surface area contributed by atoms with Crippen LogP contribution in [-0.4, -0.2) is 37.6 Å². The molecule has 1 aromatic carbocycles. The molecule has 0 saturated heterocycles. The van der Waals surface area contributed by atoms with Gasteiger partial charge in [-0.15, -0.1) is 0 Å². The summed E-state index contributed by atoms with van der Waals surface area (Å²) < 4.78 is 1.20. The van der Waals surface area contributed by atoms with Gasteiger partial charge in [-0.25, -0.2) is 4.68 Å². The van der Waals surface area contributed by atoms with Crippen molar-refractivity contribution < 1.29 is 9.59 Å². The summed E-state index contributed by atoms with van der Waals surface area (Å²) in [5, 5.41) is 16.5. The van der Waals surface area contributed by atoms with Gasteiger partial charge in [-0.05, 0) is 41.8 Å². The summed E-state index contributed by atoms with van der Waals surface area (Å²) in [6.07, 6.45) is 4.02. The molecular formula is C17H23N7O2. The maximum absolute atomic E-state index is 13.0. The molecular weight excluding hydrogens is 334 g/mol. The number of benzene rings is 1. The molecule has 2 amide bonds. The Bertz CT molecular complexity index is 796. The smallest absolute Gasteiger partial charge is 0.250 e. The van der Waals surface area contributed by atoms with Gasteiger partial charge in [-0.3, -0.25) is 9.59 Å². The molecule has 1 heterocycles. The first-order valence-electron chi connectivity index (χ1n) is 8.70. The molecule has 3 rings (SSSR count). The first kappa shape index (κ1) is 17.8. The normalized spacial score (nSPS) is 16.0. The molecule has 2 aromatic rings. The number of hydrogen-bond acceptors (Lipinski definition) is 6. The molecule has 1 saturated carbocycles. The summed E-state index contributed by atoms with van der Waals surface area (Å²) in [6.45, 7) is 1.81. The molecule has 0 bridgehead atoms. The van der Waals surface area contributed by atoms with Crippen molar-refractivity contribution in [2.75, 3.05) is 11.1 Å². The van der Waals surface area contributed by atoms with Crippen LogP contribution in [0.25, 0.3) is 0 Å². The lowest BCUT2D eigenvalue weighted by Crippen LogP contribution is -2.58. The highest BCUT2D eigenvalue weighted by atomic mass is 16.2. The highest BCUT2D eigenvalue weighted by Crippen LogP contribution is 2.30. The van der Waals surface area contributed by atoms with Gasteiger partial charge in [0.1, 0.15) is 12.1 Å². The van der Waals surface area contributed by atoms with E-state index in [9.17, 15) is 9.59 Å². The van der Waals surface area contributed by atoms with Crippen molar-refractivity contribution in [3.63, 3.8) is 0 Å². The van der Waals surface area contributed by atoms with E-state index in [2.05, 4.69) is 26.2 Å². The van der Waals surface area contributed by atoms with E-state index in [1.165, 1.54) is 4.68 Å². The van der Waals surface area contributed by atoms with E-state index in [1.54, 1.807) is 0 Å². The van der Waals surface area contributed by atoms with Crippen molar-refractivity contribution in [1.82, 2.24) is 25.5 Å². The van der Waals surface area contributed by atoms with Crippen LogP contribution in [0.2, 0.25) is 0 Å².